The summed E-state index contributed by atoms with van der Waals surface area (Å²) in [5.41, 5.74) is -0.199. The number of carboxylic acid groups (broad SMARTS) is 1. The van der Waals surface area contributed by atoms with Crippen LogP contribution in [0.15, 0.2) is 48.5 Å². The van der Waals surface area contributed by atoms with E-state index in [1.807, 2.05) is 29.2 Å². The lowest BCUT2D eigenvalue weighted by atomic mass is 9.84. The van der Waals surface area contributed by atoms with Crippen molar-refractivity contribution in [3.05, 3.63) is 54.1 Å². The Morgan fingerprint density at radius 3 is 2.32 bits per heavy atom. The van der Waals surface area contributed by atoms with Crippen LogP contribution in [0.1, 0.15) is 18.4 Å². The zero-order valence-electron chi connectivity index (χ0n) is 14.9. The molecule has 0 aromatic heterocycles. The lowest BCUT2D eigenvalue weighted by molar-refractivity contribution is -0.161. The van der Waals surface area contributed by atoms with Crippen LogP contribution < -0.4 is 9.80 Å². The molecule has 2 aliphatic rings. The number of halogens is 3. The van der Waals surface area contributed by atoms with Crippen molar-refractivity contribution in [2.24, 2.45) is 0 Å². The van der Waals surface area contributed by atoms with Crippen molar-refractivity contribution >= 4 is 23.0 Å². The number of aliphatic carboxylic acids is 1. The Labute approximate surface area is 159 Å². The first-order chi connectivity index (χ1) is 13.2. The fraction of sp³-hybridized carbons (Fsp3) is 0.350. The van der Waals surface area contributed by atoms with E-state index in [2.05, 4.69) is 4.90 Å². The average molecular weight is 392 g/mol. The zero-order chi connectivity index (χ0) is 20.1. The molecule has 1 fully saturated rings. The monoisotopic (exact) mass is 392 g/mol. The number of carboxylic acids is 1. The van der Waals surface area contributed by atoms with Crippen LogP contribution in [0.2, 0.25) is 0 Å². The molecule has 148 valence electrons. The number of fused-ring (bicyclic) bond motifs is 3. The third-order valence-corrected chi connectivity index (χ3v) is 5.56. The van der Waals surface area contributed by atoms with Gasteiger partial charge in [-0.1, -0.05) is 12.1 Å². The highest BCUT2D eigenvalue weighted by atomic mass is 19.4. The predicted molar refractivity (Wildman–Crippen MR) is 97.8 cm³/mol. The highest BCUT2D eigenvalue weighted by molar-refractivity contribution is 5.82. The van der Waals surface area contributed by atoms with Gasteiger partial charge in [-0.25, -0.2) is 4.79 Å². The van der Waals surface area contributed by atoms with Crippen LogP contribution in [-0.2, 0) is 11.0 Å². The van der Waals surface area contributed by atoms with E-state index in [1.165, 1.54) is 12.1 Å². The standard InChI is InChI=1S/C20H19F3N2O3/c21-20(22,23)13-5-7-14(8-6-13)25-12-15-11-19(28,18(26)27)9-10-24(15)16-3-1-2-4-17(16)25/h1-8,15,28H,9-12H2,(H,26,27)/t15-,19-/m0/s1. The quantitative estimate of drug-likeness (QED) is 0.817. The largest absolute Gasteiger partial charge is 0.479 e. The predicted octanol–water partition coefficient (Wildman–Crippen LogP) is 3.64. The third kappa shape index (κ3) is 3.07. The van der Waals surface area contributed by atoms with E-state index in [-0.39, 0.29) is 18.9 Å². The van der Waals surface area contributed by atoms with Gasteiger partial charge in [0.05, 0.1) is 23.0 Å². The van der Waals surface area contributed by atoms with E-state index in [4.69, 9.17) is 0 Å². The number of alkyl halides is 3. The average Bonchev–Trinajstić information content (AvgIpc) is 2.66. The Morgan fingerprint density at radius 1 is 1.07 bits per heavy atom. The Kier molecular flexibility index (Phi) is 4.26. The van der Waals surface area contributed by atoms with Crippen LogP contribution in [0.25, 0.3) is 0 Å². The Hall–Kier alpha value is -2.74. The van der Waals surface area contributed by atoms with Gasteiger partial charge in [-0.05, 0) is 36.4 Å². The summed E-state index contributed by atoms with van der Waals surface area (Å²) in [4.78, 5) is 15.4. The molecule has 0 radical (unpaired) electrons. The number of para-hydroxylation sites is 2. The molecule has 2 aliphatic heterocycles. The maximum Gasteiger partial charge on any atom is 0.416 e. The number of anilines is 3. The molecule has 0 spiro atoms. The molecule has 0 aliphatic carbocycles. The van der Waals surface area contributed by atoms with Crippen molar-refractivity contribution in [3.8, 4) is 0 Å². The summed E-state index contributed by atoms with van der Waals surface area (Å²) in [6.07, 6.45) is -4.24. The Morgan fingerprint density at radius 2 is 1.71 bits per heavy atom. The van der Waals surface area contributed by atoms with Crippen molar-refractivity contribution < 1.29 is 28.2 Å². The number of rotatable bonds is 2. The van der Waals surface area contributed by atoms with Gasteiger partial charge in [-0.15, -0.1) is 0 Å². The van der Waals surface area contributed by atoms with Crippen molar-refractivity contribution in [1.29, 1.82) is 0 Å². The smallest absolute Gasteiger partial charge is 0.416 e. The molecule has 8 heteroatoms. The minimum Gasteiger partial charge on any atom is -0.479 e. The minimum atomic E-state index is -4.41. The number of benzene rings is 2. The molecule has 0 saturated carbocycles. The molecular formula is C20H19F3N2O3. The van der Waals surface area contributed by atoms with Gasteiger partial charge >= 0.3 is 12.1 Å². The first-order valence-electron chi connectivity index (χ1n) is 8.95. The van der Waals surface area contributed by atoms with E-state index >= 15 is 0 Å². The number of hydrogen-bond acceptors (Lipinski definition) is 4. The second kappa shape index (κ2) is 6.41. The van der Waals surface area contributed by atoms with Crippen molar-refractivity contribution in [2.45, 2.75) is 30.7 Å². The molecule has 1 saturated heterocycles. The van der Waals surface area contributed by atoms with Crippen LogP contribution in [0, 0.1) is 0 Å². The lowest BCUT2D eigenvalue weighted by Gasteiger charge is -2.50. The van der Waals surface area contributed by atoms with Gasteiger partial charge in [-0.3, -0.25) is 0 Å². The van der Waals surface area contributed by atoms with E-state index in [0.29, 0.717) is 18.8 Å². The Bertz CT molecular complexity index is 900. The van der Waals surface area contributed by atoms with E-state index in [9.17, 15) is 28.2 Å². The Balaban J connectivity index is 1.71. The molecule has 0 unspecified atom stereocenters. The summed E-state index contributed by atoms with van der Waals surface area (Å²) in [5, 5.41) is 19.8. The maximum absolute atomic E-state index is 12.9. The summed E-state index contributed by atoms with van der Waals surface area (Å²) in [5.74, 6) is -1.24. The van der Waals surface area contributed by atoms with Crippen molar-refractivity contribution in [2.75, 3.05) is 22.9 Å². The van der Waals surface area contributed by atoms with Crippen LogP contribution >= 0.6 is 0 Å². The molecule has 2 N–H and O–H groups in total. The summed E-state index contributed by atoms with van der Waals surface area (Å²) < 4.78 is 38.6. The molecule has 2 heterocycles. The van der Waals surface area contributed by atoms with Gasteiger partial charge in [0.1, 0.15) is 0 Å². The fourth-order valence-corrected chi connectivity index (χ4v) is 4.08. The second-order valence-corrected chi connectivity index (χ2v) is 7.28. The van der Waals surface area contributed by atoms with Gasteiger partial charge in [0.15, 0.2) is 5.60 Å². The van der Waals surface area contributed by atoms with Crippen LogP contribution in [0.4, 0.5) is 30.2 Å². The van der Waals surface area contributed by atoms with Gasteiger partial charge in [0.25, 0.3) is 0 Å². The molecular weight excluding hydrogens is 373 g/mol. The SMILES string of the molecule is O=C(O)[C@]1(O)CCN2c3ccccc3N(c3ccc(C(F)(F)F)cc3)C[C@@H]2C1. The molecule has 0 amide bonds. The highest BCUT2D eigenvalue weighted by Crippen LogP contribution is 2.44. The maximum atomic E-state index is 12.9. The molecule has 4 rings (SSSR count). The van der Waals surface area contributed by atoms with Gasteiger partial charge in [0.2, 0.25) is 0 Å². The lowest BCUT2D eigenvalue weighted by Crippen LogP contribution is -2.59. The number of nitrogens with zero attached hydrogens (tertiary/aromatic N) is 2. The molecule has 0 bridgehead atoms. The second-order valence-electron chi connectivity index (χ2n) is 7.28. The van der Waals surface area contributed by atoms with Crippen LogP contribution in [0.3, 0.4) is 0 Å². The highest BCUT2D eigenvalue weighted by Gasteiger charge is 2.46. The topological polar surface area (TPSA) is 64.0 Å². The van der Waals surface area contributed by atoms with E-state index in [1.54, 1.807) is 0 Å². The molecule has 2 atom stereocenters. The number of piperidine rings is 1. The third-order valence-electron chi connectivity index (χ3n) is 5.56. The summed E-state index contributed by atoms with van der Waals surface area (Å²) >= 11 is 0. The molecule has 5 nitrogen and oxygen atoms in total. The van der Waals surface area contributed by atoms with Crippen molar-refractivity contribution in [3.63, 3.8) is 0 Å². The molecule has 28 heavy (non-hydrogen) atoms. The van der Waals surface area contributed by atoms with E-state index < -0.39 is 23.3 Å². The summed E-state index contributed by atoms with van der Waals surface area (Å²) in [6, 6.07) is 12.2. The first-order valence-corrected chi connectivity index (χ1v) is 8.95. The summed E-state index contributed by atoms with van der Waals surface area (Å²) in [7, 11) is 0. The number of aliphatic hydroxyl groups is 1. The van der Waals surface area contributed by atoms with E-state index in [0.717, 1.165) is 23.5 Å². The molecule has 2 aromatic carbocycles. The van der Waals surface area contributed by atoms with Gasteiger partial charge < -0.3 is 20.0 Å². The van der Waals surface area contributed by atoms with Crippen LogP contribution in [0.5, 0.6) is 0 Å². The zero-order valence-corrected chi connectivity index (χ0v) is 14.9. The van der Waals surface area contributed by atoms with Crippen molar-refractivity contribution in [1.82, 2.24) is 0 Å². The number of hydrogen-bond donors (Lipinski definition) is 2. The van der Waals surface area contributed by atoms with Gasteiger partial charge in [-0.2, -0.15) is 13.2 Å². The number of carbonyl (C=O) groups is 1. The normalized spacial score (nSPS) is 24.5. The fourth-order valence-electron chi connectivity index (χ4n) is 4.08. The molecule has 2 aromatic rings. The van der Waals surface area contributed by atoms with Crippen LogP contribution in [-0.4, -0.2) is 40.9 Å². The minimum absolute atomic E-state index is 0.0494. The first kappa shape index (κ1) is 18.6. The summed E-state index contributed by atoms with van der Waals surface area (Å²) in [6.45, 7) is 0.767. The van der Waals surface area contributed by atoms with Gasteiger partial charge in [0, 0.05) is 31.6 Å².